The first kappa shape index (κ1) is 11.3. The van der Waals surface area contributed by atoms with E-state index in [0.29, 0.717) is 10.6 Å². The predicted octanol–water partition coefficient (Wildman–Crippen LogP) is 3.09. The van der Waals surface area contributed by atoms with Gasteiger partial charge in [0.05, 0.1) is 19.0 Å². The van der Waals surface area contributed by atoms with E-state index in [4.69, 9.17) is 17.0 Å². The lowest BCUT2D eigenvalue weighted by Crippen LogP contribution is -1.96. The molecule has 0 radical (unpaired) electrons. The Morgan fingerprint density at radius 2 is 2.17 bits per heavy atom. The Morgan fingerprint density at radius 3 is 2.89 bits per heavy atom. The summed E-state index contributed by atoms with van der Waals surface area (Å²) >= 11 is 5.21. The van der Waals surface area contributed by atoms with Gasteiger partial charge in [0.25, 0.3) is 0 Å². The first-order valence-electron chi connectivity index (χ1n) is 5.87. The Kier molecular flexibility index (Phi) is 2.83. The fourth-order valence-corrected chi connectivity index (χ4v) is 2.08. The van der Waals surface area contributed by atoms with Gasteiger partial charge in [0.15, 0.2) is 0 Å². The maximum atomic E-state index is 5.21. The molecular formula is C13H13N3OS. The van der Waals surface area contributed by atoms with Crippen LogP contribution in [0.25, 0.3) is 11.3 Å². The summed E-state index contributed by atoms with van der Waals surface area (Å²) in [5.41, 5.74) is 1.91. The summed E-state index contributed by atoms with van der Waals surface area (Å²) in [6.45, 7) is 0. The lowest BCUT2D eigenvalue weighted by molar-refractivity contribution is 0.413. The van der Waals surface area contributed by atoms with Crippen LogP contribution in [-0.4, -0.2) is 22.1 Å². The van der Waals surface area contributed by atoms with Crippen LogP contribution in [0.4, 0.5) is 0 Å². The monoisotopic (exact) mass is 259 g/mol. The summed E-state index contributed by atoms with van der Waals surface area (Å²) in [4.78, 5) is 11.9. The third-order valence-electron chi connectivity index (χ3n) is 2.99. The van der Waals surface area contributed by atoms with Gasteiger partial charge in [0.1, 0.15) is 16.2 Å². The predicted molar refractivity (Wildman–Crippen MR) is 71.2 cm³/mol. The standard InChI is InChI=1S/C13H13N3OS/c1-17-10-4-9(6-14-7-10)11-5-12(18)16-13(15-11)8-2-3-8/h4-8H,2-3H2,1H3,(H,15,16,18). The molecule has 0 spiro atoms. The molecule has 5 heteroatoms. The Labute approximate surface area is 110 Å². The van der Waals surface area contributed by atoms with Crippen LogP contribution in [-0.2, 0) is 0 Å². The molecule has 0 bridgehead atoms. The topological polar surface area (TPSA) is 50.8 Å². The number of aromatic nitrogens is 3. The van der Waals surface area contributed by atoms with Crippen LogP contribution in [0, 0.1) is 4.64 Å². The van der Waals surface area contributed by atoms with E-state index < -0.39 is 0 Å². The molecule has 92 valence electrons. The fraction of sp³-hybridized carbons (Fsp3) is 0.308. The number of rotatable bonds is 3. The molecule has 0 atom stereocenters. The molecule has 0 unspecified atom stereocenters. The van der Waals surface area contributed by atoms with Crippen LogP contribution >= 0.6 is 12.2 Å². The number of pyridine rings is 1. The molecule has 4 nitrogen and oxygen atoms in total. The van der Waals surface area contributed by atoms with Crippen molar-refractivity contribution in [1.29, 1.82) is 0 Å². The third-order valence-corrected chi connectivity index (χ3v) is 3.19. The largest absolute Gasteiger partial charge is 0.495 e. The highest BCUT2D eigenvalue weighted by Gasteiger charge is 2.26. The zero-order valence-corrected chi connectivity index (χ0v) is 10.8. The Bertz CT molecular complexity index is 634. The average molecular weight is 259 g/mol. The van der Waals surface area contributed by atoms with Crippen LogP contribution in [0.2, 0.25) is 0 Å². The fourth-order valence-electron chi connectivity index (χ4n) is 1.86. The first-order chi connectivity index (χ1) is 8.76. The highest BCUT2D eigenvalue weighted by Crippen LogP contribution is 2.38. The van der Waals surface area contributed by atoms with Crippen molar-refractivity contribution in [2.75, 3.05) is 7.11 Å². The van der Waals surface area contributed by atoms with Gasteiger partial charge in [0, 0.05) is 17.7 Å². The van der Waals surface area contributed by atoms with Crippen molar-refractivity contribution in [3.05, 3.63) is 35.0 Å². The average Bonchev–Trinajstić information content (AvgIpc) is 3.22. The van der Waals surface area contributed by atoms with E-state index in [2.05, 4.69) is 15.0 Å². The van der Waals surface area contributed by atoms with Crippen molar-refractivity contribution < 1.29 is 4.74 Å². The molecule has 1 saturated carbocycles. The Hall–Kier alpha value is -1.75. The molecule has 2 aromatic heterocycles. The van der Waals surface area contributed by atoms with E-state index in [9.17, 15) is 0 Å². The van der Waals surface area contributed by atoms with Crippen molar-refractivity contribution >= 4 is 12.2 Å². The van der Waals surface area contributed by atoms with Gasteiger partial charge in [-0.1, -0.05) is 12.2 Å². The zero-order chi connectivity index (χ0) is 12.5. The zero-order valence-electron chi connectivity index (χ0n) is 10.0. The highest BCUT2D eigenvalue weighted by molar-refractivity contribution is 7.71. The summed E-state index contributed by atoms with van der Waals surface area (Å²) in [7, 11) is 1.63. The number of nitrogens with zero attached hydrogens (tertiary/aromatic N) is 2. The molecule has 0 aromatic carbocycles. The number of aromatic amines is 1. The number of H-pyrrole nitrogens is 1. The van der Waals surface area contributed by atoms with Gasteiger partial charge < -0.3 is 9.72 Å². The van der Waals surface area contributed by atoms with Crippen LogP contribution in [0.15, 0.2) is 24.5 Å². The Morgan fingerprint density at radius 1 is 1.33 bits per heavy atom. The minimum Gasteiger partial charge on any atom is -0.495 e. The van der Waals surface area contributed by atoms with Crippen molar-refractivity contribution in [1.82, 2.24) is 15.0 Å². The SMILES string of the molecule is COc1cncc(-c2cc(=S)nc(C3CC3)[nH]2)c1. The summed E-state index contributed by atoms with van der Waals surface area (Å²) < 4.78 is 5.80. The number of methoxy groups -OCH3 is 1. The highest BCUT2D eigenvalue weighted by atomic mass is 32.1. The van der Waals surface area contributed by atoms with Crippen molar-refractivity contribution in [2.45, 2.75) is 18.8 Å². The summed E-state index contributed by atoms with van der Waals surface area (Å²) in [5, 5.41) is 0. The molecule has 1 N–H and O–H groups in total. The molecule has 18 heavy (non-hydrogen) atoms. The van der Waals surface area contributed by atoms with E-state index in [1.807, 2.05) is 12.1 Å². The third kappa shape index (κ3) is 2.26. The second-order valence-electron chi connectivity index (χ2n) is 4.41. The quantitative estimate of drug-likeness (QED) is 0.861. The maximum Gasteiger partial charge on any atom is 0.137 e. The van der Waals surface area contributed by atoms with Gasteiger partial charge in [-0.25, -0.2) is 4.98 Å². The number of ether oxygens (including phenoxy) is 1. The summed E-state index contributed by atoms with van der Waals surface area (Å²) in [6, 6.07) is 3.79. The van der Waals surface area contributed by atoms with Crippen molar-refractivity contribution in [3.63, 3.8) is 0 Å². The van der Waals surface area contributed by atoms with Gasteiger partial charge in [-0.15, -0.1) is 0 Å². The van der Waals surface area contributed by atoms with Gasteiger partial charge >= 0.3 is 0 Å². The van der Waals surface area contributed by atoms with Gasteiger partial charge in [-0.3, -0.25) is 4.98 Å². The van der Waals surface area contributed by atoms with Gasteiger partial charge in [0.2, 0.25) is 0 Å². The Balaban J connectivity index is 2.06. The molecule has 1 aliphatic carbocycles. The van der Waals surface area contributed by atoms with Crippen LogP contribution in [0.3, 0.4) is 0 Å². The van der Waals surface area contributed by atoms with Crippen LogP contribution in [0.5, 0.6) is 5.75 Å². The van der Waals surface area contributed by atoms with Gasteiger partial charge in [-0.2, -0.15) is 0 Å². The van der Waals surface area contributed by atoms with E-state index in [1.165, 1.54) is 12.8 Å². The number of nitrogens with one attached hydrogen (secondary N) is 1. The van der Waals surface area contributed by atoms with E-state index >= 15 is 0 Å². The second kappa shape index (κ2) is 4.49. The smallest absolute Gasteiger partial charge is 0.137 e. The first-order valence-corrected chi connectivity index (χ1v) is 6.28. The molecule has 3 rings (SSSR count). The van der Waals surface area contributed by atoms with Crippen molar-refractivity contribution in [3.8, 4) is 17.0 Å². The molecular weight excluding hydrogens is 246 g/mol. The van der Waals surface area contributed by atoms with Crippen LogP contribution in [0.1, 0.15) is 24.6 Å². The van der Waals surface area contributed by atoms with E-state index in [1.54, 1.807) is 19.5 Å². The van der Waals surface area contributed by atoms with E-state index in [-0.39, 0.29) is 0 Å². The molecule has 0 aliphatic heterocycles. The normalized spacial score (nSPS) is 14.5. The lowest BCUT2D eigenvalue weighted by Gasteiger charge is -2.06. The number of hydrogen-bond donors (Lipinski definition) is 1. The second-order valence-corrected chi connectivity index (χ2v) is 4.82. The molecule has 2 heterocycles. The summed E-state index contributed by atoms with van der Waals surface area (Å²) in [5.74, 6) is 2.27. The van der Waals surface area contributed by atoms with E-state index in [0.717, 1.165) is 22.8 Å². The minimum atomic E-state index is 0.546. The molecule has 0 amide bonds. The van der Waals surface area contributed by atoms with Gasteiger partial charge in [-0.05, 0) is 25.0 Å². The molecule has 0 saturated heterocycles. The maximum absolute atomic E-state index is 5.21. The van der Waals surface area contributed by atoms with Crippen molar-refractivity contribution in [2.24, 2.45) is 0 Å². The minimum absolute atomic E-state index is 0.546. The number of hydrogen-bond acceptors (Lipinski definition) is 4. The molecule has 2 aromatic rings. The van der Waals surface area contributed by atoms with Crippen LogP contribution < -0.4 is 4.74 Å². The molecule has 1 aliphatic rings. The lowest BCUT2D eigenvalue weighted by atomic mass is 10.2. The summed E-state index contributed by atoms with van der Waals surface area (Å²) in [6.07, 6.45) is 5.86. The molecule has 1 fully saturated rings.